The number of carbonyl (C=O) groups excluding carboxylic acids is 1. The number of benzene rings is 2. The van der Waals surface area contributed by atoms with Gasteiger partial charge in [-0.2, -0.15) is 0 Å². The van der Waals surface area contributed by atoms with Crippen LogP contribution in [-0.4, -0.2) is 46.5 Å². The summed E-state index contributed by atoms with van der Waals surface area (Å²) in [5.74, 6) is -0.0812. The fraction of sp³-hybridized carbons (Fsp3) is 0.296. The van der Waals surface area contributed by atoms with Crippen molar-refractivity contribution in [1.29, 1.82) is 0 Å². The molecule has 1 atom stereocenters. The molecule has 1 N–H and O–H groups in total. The van der Waals surface area contributed by atoms with E-state index in [0.717, 1.165) is 47.1 Å². The maximum atomic E-state index is 12.9. The molecular formula is C27H28N4O2. The lowest BCUT2D eigenvalue weighted by Crippen LogP contribution is -2.38. The number of fused-ring (bicyclic) bond motifs is 2. The minimum absolute atomic E-state index is 0.0615. The molecule has 1 aliphatic rings. The summed E-state index contributed by atoms with van der Waals surface area (Å²) < 4.78 is 6.12. The van der Waals surface area contributed by atoms with Gasteiger partial charge in [0.2, 0.25) is 0 Å². The number of aromatic nitrogens is 2. The molecule has 1 amide bonds. The maximum Gasteiger partial charge on any atom is 0.252 e. The first kappa shape index (κ1) is 21.5. The fourth-order valence-electron chi connectivity index (χ4n) is 4.40. The highest BCUT2D eigenvalue weighted by Crippen LogP contribution is 2.27. The Labute approximate surface area is 193 Å². The van der Waals surface area contributed by atoms with E-state index < -0.39 is 0 Å². The van der Waals surface area contributed by atoms with E-state index in [1.165, 1.54) is 5.56 Å². The monoisotopic (exact) mass is 440 g/mol. The van der Waals surface area contributed by atoms with Gasteiger partial charge in [-0.15, -0.1) is 0 Å². The van der Waals surface area contributed by atoms with E-state index in [2.05, 4.69) is 39.5 Å². The number of hydrogen-bond donors (Lipinski definition) is 1. The SMILES string of the molecule is CC(C)NC(=O)c1cc(C2CN(Cc3ccc4ncccc4c3)CCO2)nc2ccccc12. The molecule has 1 aliphatic heterocycles. The number of nitrogens with zero attached hydrogens (tertiary/aromatic N) is 3. The topological polar surface area (TPSA) is 67.4 Å². The van der Waals surface area contributed by atoms with Crippen molar-refractivity contribution in [1.82, 2.24) is 20.2 Å². The van der Waals surface area contributed by atoms with Crippen LogP contribution in [0.15, 0.2) is 66.9 Å². The van der Waals surface area contributed by atoms with Gasteiger partial charge in [0.15, 0.2) is 0 Å². The molecule has 1 unspecified atom stereocenters. The molecule has 4 aromatic rings. The summed E-state index contributed by atoms with van der Waals surface area (Å²) in [6.07, 6.45) is 1.64. The molecular weight excluding hydrogens is 412 g/mol. The van der Waals surface area contributed by atoms with Crippen LogP contribution in [0.25, 0.3) is 21.8 Å². The van der Waals surface area contributed by atoms with E-state index in [9.17, 15) is 4.79 Å². The number of pyridine rings is 2. The Kier molecular flexibility index (Phi) is 6.03. The number of amides is 1. The summed E-state index contributed by atoms with van der Waals surface area (Å²) in [4.78, 5) is 24.6. The zero-order chi connectivity index (χ0) is 22.8. The van der Waals surface area contributed by atoms with Crippen molar-refractivity contribution in [3.63, 3.8) is 0 Å². The van der Waals surface area contributed by atoms with E-state index in [1.807, 2.05) is 56.4 Å². The highest BCUT2D eigenvalue weighted by molar-refractivity contribution is 6.06. The van der Waals surface area contributed by atoms with Gasteiger partial charge in [0.1, 0.15) is 6.10 Å². The molecule has 0 radical (unpaired) electrons. The van der Waals surface area contributed by atoms with Crippen molar-refractivity contribution < 1.29 is 9.53 Å². The zero-order valence-electron chi connectivity index (χ0n) is 19.0. The lowest BCUT2D eigenvalue weighted by atomic mass is 10.0. The van der Waals surface area contributed by atoms with Crippen molar-refractivity contribution in [3.8, 4) is 0 Å². The van der Waals surface area contributed by atoms with Crippen LogP contribution in [-0.2, 0) is 11.3 Å². The van der Waals surface area contributed by atoms with Crippen LogP contribution in [0.2, 0.25) is 0 Å². The van der Waals surface area contributed by atoms with Gasteiger partial charge >= 0.3 is 0 Å². The molecule has 0 saturated carbocycles. The van der Waals surface area contributed by atoms with Gasteiger partial charge < -0.3 is 10.1 Å². The third-order valence-corrected chi connectivity index (χ3v) is 5.95. The van der Waals surface area contributed by atoms with Gasteiger partial charge in [-0.3, -0.25) is 14.7 Å². The number of morpholine rings is 1. The van der Waals surface area contributed by atoms with Crippen molar-refractivity contribution >= 4 is 27.7 Å². The van der Waals surface area contributed by atoms with Crippen LogP contribution in [0, 0.1) is 0 Å². The normalized spacial score (nSPS) is 17.0. The van der Waals surface area contributed by atoms with Crippen molar-refractivity contribution in [2.75, 3.05) is 19.7 Å². The minimum Gasteiger partial charge on any atom is -0.369 e. The third kappa shape index (κ3) is 4.72. The first-order valence-corrected chi connectivity index (χ1v) is 11.4. The van der Waals surface area contributed by atoms with E-state index >= 15 is 0 Å². The van der Waals surface area contributed by atoms with Gasteiger partial charge in [0.25, 0.3) is 5.91 Å². The first-order chi connectivity index (χ1) is 16.1. The number of nitrogens with one attached hydrogen (secondary N) is 1. The second kappa shape index (κ2) is 9.25. The van der Waals surface area contributed by atoms with Crippen LogP contribution in [0.4, 0.5) is 0 Å². The molecule has 6 heteroatoms. The van der Waals surface area contributed by atoms with E-state index in [-0.39, 0.29) is 18.1 Å². The Morgan fingerprint density at radius 2 is 2.00 bits per heavy atom. The van der Waals surface area contributed by atoms with Crippen LogP contribution >= 0.6 is 0 Å². The smallest absolute Gasteiger partial charge is 0.252 e. The van der Waals surface area contributed by atoms with Crippen molar-refractivity contribution in [2.45, 2.75) is 32.5 Å². The summed E-state index contributed by atoms with van der Waals surface area (Å²) in [5, 5.41) is 5.02. The molecule has 168 valence electrons. The Bertz CT molecular complexity index is 1300. The third-order valence-electron chi connectivity index (χ3n) is 5.95. The average molecular weight is 441 g/mol. The number of hydrogen-bond acceptors (Lipinski definition) is 5. The Morgan fingerprint density at radius 1 is 1.12 bits per heavy atom. The Hall–Kier alpha value is -3.35. The zero-order valence-corrected chi connectivity index (χ0v) is 19.0. The Balaban J connectivity index is 1.40. The van der Waals surface area contributed by atoms with Crippen LogP contribution < -0.4 is 5.32 Å². The van der Waals surface area contributed by atoms with E-state index in [0.29, 0.717) is 12.2 Å². The van der Waals surface area contributed by atoms with Crippen molar-refractivity contribution in [3.05, 3.63) is 83.7 Å². The summed E-state index contributed by atoms with van der Waals surface area (Å²) in [6.45, 7) is 6.97. The van der Waals surface area contributed by atoms with Crippen LogP contribution in [0.3, 0.4) is 0 Å². The maximum absolute atomic E-state index is 12.9. The predicted octanol–water partition coefficient (Wildman–Crippen LogP) is 4.49. The molecule has 2 aromatic carbocycles. The summed E-state index contributed by atoms with van der Waals surface area (Å²) in [7, 11) is 0. The van der Waals surface area contributed by atoms with Gasteiger partial charge in [0.05, 0.1) is 28.9 Å². The molecule has 0 aliphatic carbocycles. The van der Waals surface area contributed by atoms with Gasteiger partial charge in [0, 0.05) is 42.6 Å². The predicted molar refractivity (Wildman–Crippen MR) is 130 cm³/mol. The Morgan fingerprint density at radius 3 is 2.88 bits per heavy atom. The molecule has 6 nitrogen and oxygen atoms in total. The molecule has 0 spiro atoms. The molecule has 33 heavy (non-hydrogen) atoms. The average Bonchev–Trinajstić information content (AvgIpc) is 2.83. The second-order valence-corrected chi connectivity index (χ2v) is 8.86. The second-order valence-electron chi connectivity index (χ2n) is 8.86. The van der Waals surface area contributed by atoms with E-state index in [4.69, 9.17) is 9.72 Å². The lowest BCUT2D eigenvalue weighted by Gasteiger charge is -2.33. The largest absolute Gasteiger partial charge is 0.369 e. The number of carbonyl (C=O) groups is 1. The number of para-hydroxylation sites is 1. The fourth-order valence-corrected chi connectivity index (χ4v) is 4.40. The molecule has 1 fully saturated rings. The van der Waals surface area contributed by atoms with Crippen LogP contribution in [0.5, 0.6) is 0 Å². The standard InChI is InChI=1S/C27H28N4O2/c1-18(2)29-27(32)22-15-25(30-24-8-4-3-7-21(22)24)26-17-31(12-13-33-26)16-19-9-10-23-20(14-19)6-5-11-28-23/h3-11,14-15,18,26H,12-13,16-17H2,1-2H3,(H,29,32). The van der Waals surface area contributed by atoms with Crippen LogP contribution in [0.1, 0.15) is 41.6 Å². The molecule has 2 aromatic heterocycles. The van der Waals surface area contributed by atoms with Gasteiger partial charge in [-0.05, 0) is 49.7 Å². The highest BCUT2D eigenvalue weighted by atomic mass is 16.5. The molecule has 3 heterocycles. The lowest BCUT2D eigenvalue weighted by molar-refractivity contribution is -0.0348. The van der Waals surface area contributed by atoms with E-state index in [1.54, 1.807) is 0 Å². The number of ether oxygens (including phenoxy) is 1. The number of rotatable bonds is 5. The first-order valence-electron chi connectivity index (χ1n) is 11.4. The minimum atomic E-state index is -0.184. The molecule has 1 saturated heterocycles. The highest BCUT2D eigenvalue weighted by Gasteiger charge is 2.25. The quantitative estimate of drug-likeness (QED) is 0.495. The summed E-state index contributed by atoms with van der Waals surface area (Å²) in [6, 6.07) is 20.2. The molecule has 0 bridgehead atoms. The molecule has 5 rings (SSSR count). The van der Waals surface area contributed by atoms with Gasteiger partial charge in [-0.25, -0.2) is 4.98 Å². The summed E-state index contributed by atoms with van der Waals surface area (Å²) in [5.41, 5.74) is 4.52. The van der Waals surface area contributed by atoms with Gasteiger partial charge in [-0.1, -0.05) is 30.3 Å². The summed E-state index contributed by atoms with van der Waals surface area (Å²) >= 11 is 0. The van der Waals surface area contributed by atoms with Crippen molar-refractivity contribution in [2.24, 2.45) is 0 Å².